The molecule has 0 aliphatic heterocycles. The number of carbonyl (C=O) groups excluding carboxylic acids is 1. The van der Waals surface area contributed by atoms with Gasteiger partial charge in [0.1, 0.15) is 11.6 Å². The van der Waals surface area contributed by atoms with Gasteiger partial charge in [-0.2, -0.15) is 13.2 Å². The Kier molecular flexibility index (Phi) is 11.7. The van der Waals surface area contributed by atoms with Gasteiger partial charge in [0.25, 0.3) is 11.8 Å². The Bertz CT molecular complexity index is 1210. The quantitative estimate of drug-likeness (QED) is 0.223. The lowest BCUT2D eigenvalue weighted by Crippen LogP contribution is -2.25. The summed E-state index contributed by atoms with van der Waals surface area (Å²) in [6.45, 7) is 8.08. The monoisotopic (exact) mass is 555 g/mol. The van der Waals surface area contributed by atoms with Crippen molar-refractivity contribution in [3.63, 3.8) is 0 Å². The number of benzene rings is 2. The number of rotatable bonds is 11. The van der Waals surface area contributed by atoms with Crippen LogP contribution in [-0.2, 0) is 4.79 Å². The Morgan fingerprint density at radius 3 is 2.28 bits per heavy atom. The van der Waals surface area contributed by atoms with Crippen LogP contribution in [0.2, 0.25) is 0 Å². The highest BCUT2D eigenvalue weighted by Crippen LogP contribution is 2.32. The van der Waals surface area contributed by atoms with Crippen molar-refractivity contribution in [1.82, 2.24) is 15.1 Å². The third-order valence-electron chi connectivity index (χ3n) is 5.29. The van der Waals surface area contributed by atoms with Crippen LogP contribution in [0.5, 0.6) is 5.75 Å². The number of halogens is 4. The minimum atomic E-state index is -5.08. The first-order valence-electron chi connectivity index (χ1n) is 11.8. The van der Waals surface area contributed by atoms with E-state index in [4.69, 9.17) is 19.1 Å². The Labute approximate surface area is 222 Å². The lowest BCUT2D eigenvalue weighted by atomic mass is 10.1. The van der Waals surface area contributed by atoms with Gasteiger partial charge >= 0.3 is 18.2 Å². The molecule has 0 atom stereocenters. The first-order valence-corrected chi connectivity index (χ1v) is 11.8. The molecule has 1 aromatic heterocycles. The zero-order valence-corrected chi connectivity index (χ0v) is 21.5. The number of nitrogens with one attached hydrogen (secondary N) is 2. The SMILES string of the molecule is CCN(CC)CCCNc1nnc(-c2ccc(NC(=O)c3ccc(F)cc3)cc2OC)o1.O=C(O)C(F)(F)F. The van der Waals surface area contributed by atoms with E-state index in [0.717, 1.165) is 32.6 Å². The van der Waals surface area contributed by atoms with Crippen LogP contribution in [-0.4, -0.2) is 71.5 Å². The fraction of sp³-hybridized carbons (Fsp3) is 0.360. The normalized spacial score (nSPS) is 11.0. The van der Waals surface area contributed by atoms with Crippen molar-refractivity contribution in [3.05, 3.63) is 53.8 Å². The molecule has 0 saturated carbocycles. The number of carboxylic acid groups (broad SMARTS) is 1. The molecule has 3 N–H and O–H groups in total. The maximum absolute atomic E-state index is 13.1. The lowest BCUT2D eigenvalue weighted by Gasteiger charge is -2.17. The molecule has 14 heteroatoms. The summed E-state index contributed by atoms with van der Waals surface area (Å²) in [7, 11) is 1.52. The molecule has 39 heavy (non-hydrogen) atoms. The predicted molar refractivity (Wildman–Crippen MR) is 135 cm³/mol. The molecule has 3 aromatic rings. The summed E-state index contributed by atoms with van der Waals surface area (Å²) in [5.41, 5.74) is 1.48. The number of methoxy groups -OCH3 is 1. The highest BCUT2D eigenvalue weighted by atomic mass is 19.4. The van der Waals surface area contributed by atoms with Crippen molar-refractivity contribution in [2.75, 3.05) is 43.9 Å². The van der Waals surface area contributed by atoms with Gasteiger partial charge in [-0.15, -0.1) is 5.10 Å². The van der Waals surface area contributed by atoms with Gasteiger partial charge in [0, 0.05) is 23.9 Å². The zero-order chi connectivity index (χ0) is 29.0. The van der Waals surface area contributed by atoms with Crippen LogP contribution < -0.4 is 15.4 Å². The van der Waals surface area contributed by atoms with Gasteiger partial charge in [0.2, 0.25) is 0 Å². The van der Waals surface area contributed by atoms with Crippen molar-refractivity contribution in [2.45, 2.75) is 26.4 Å². The number of hydrogen-bond donors (Lipinski definition) is 3. The maximum atomic E-state index is 13.1. The molecule has 212 valence electrons. The van der Waals surface area contributed by atoms with Crippen LogP contribution in [0.25, 0.3) is 11.5 Å². The number of anilines is 2. The van der Waals surface area contributed by atoms with E-state index in [0.29, 0.717) is 34.5 Å². The Balaban J connectivity index is 0.000000673. The molecule has 1 heterocycles. The van der Waals surface area contributed by atoms with Crippen LogP contribution in [0.15, 0.2) is 46.9 Å². The predicted octanol–water partition coefficient (Wildman–Crippen LogP) is 4.91. The summed E-state index contributed by atoms with van der Waals surface area (Å²) in [5, 5.41) is 21.2. The number of nitrogens with zero attached hydrogens (tertiary/aromatic N) is 3. The number of aliphatic carboxylic acids is 1. The highest BCUT2D eigenvalue weighted by Gasteiger charge is 2.38. The van der Waals surface area contributed by atoms with Gasteiger partial charge in [-0.25, -0.2) is 9.18 Å². The largest absolute Gasteiger partial charge is 0.496 e. The highest BCUT2D eigenvalue weighted by molar-refractivity contribution is 6.04. The zero-order valence-electron chi connectivity index (χ0n) is 21.5. The molecule has 0 unspecified atom stereocenters. The molecule has 2 aromatic carbocycles. The van der Waals surface area contributed by atoms with Crippen LogP contribution in [0, 0.1) is 5.82 Å². The number of carboxylic acids is 1. The van der Waals surface area contributed by atoms with E-state index >= 15 is 0 Å². The van der Waals surface area contributed by atoms with Crippen LogP contribution in [0.1, 0.15) is 30.6 Å². The second-order valence-electron chi connectivity index (χ2n) is 7.90. The van der Waals surface area contributed by atoms with E-state index in [2.05, 4.69) is 39.6 Å². The third kappa shape index (κ3) is 9.89. The first-order chi connectivity index (χ1) is 18.5. The summed E-state index contributed by atoms with van der Waals surface area (Å²) >= 11 is 0. The van der Waals surface area contributed by atoms with Crippen LogP contribution in [0.3, 0.4) is 0 Å². The molecule has 10 nitrogen and oxygen atoms in total. The molecule has 0 radical (unpaired) electrons. The van der Waals surface area contributed by atoms with Gasteiger partial charge in [-0.1, -0.05) is 18.9 Å². The summed E-state index contributed by atoms with van der Waals surface area (Å²) in [5.74, 6) is -2.73. The second-order valence-corrected chi connectivity index (χ2v) is 7.90. The van der Waals surface area contributed by atoms with E-state index in [1.54, 1.807) is 18.2 Å². The fourth-order valence-corrected chi connectivity index (χ4v) is 3.19. The number of alkyl halides is 3. The maximum Gasteiger partial charge on any atom is 0.490 e. The van der Waals surface area contributed by atoms with Crippen molar-refractivity contribution in [3.8, 4) is 17.2 Å². The number of aromatic nitrogens is 2. The molecule has 0 saturated heterocycles. The molecular formula is C25H29F4N5O5. The Morgan fingerprint density at radius 2 is 1.72 bits per heavy atom. The Morgan fingerprint density at radius 1 is 1.08 bits per heavy atom. The van der Waals surface area contributed by atoms with Crippen molar-refractivity contribution in [1.29, 1.82) is 0 Å². The number of carbonyl (C=O) groups is 2. The molecule has 1 amide bonds. The van der Waals surface area contributed by atoms with E-state index < -0.39 is 18.0 Å². The third-order valence-corrected chi connectivity index (χ3v) is 5.29. The van der Waals surface area contributed by atoms with Crippen molar-refractivity contribution < 1.29 is 41.4 Å². The molecule has 0 spiro atoms. The topological polar surface area (TPSA) is 130 Å². The first kappa shape index (κ1) is 31.0. The summed E-state index contributed by atoms with van der Waals surface area (Å²) in [6, 6.07) is 10.8. The van der Waals surface area contributed by atoms with Crippen molar-refractivity contribution in [2.24, 2.45) is 0 Å². The molecule has 0 fully saturated rings. The van der Waals surface area contributed by atoms with Gasteiger partial charge in [0.15, 0.2) is 0 Å². The second kappa shape index (κ2) is 14.7. The summed E-state index contributed by atoms with van der Waals surface area (Å²) in [4.78, 5) is 23.6. The minimum absolute atomic E-state index is 0.310. The number of hydrogen-bond acceptors (Lipinski definition) is 8. The minimum Gasteiger partial charge on any atom is -0.496 e. The average molecular weight is 556 g/mol. The van der Waals surface area contributed by atoms with E-state index in [9.17, 15) is 22.4 Å². The van der Waals surface area contributed by atoms with Gasteiger partial charge in [-0.05, 0) is 62.5 Å². The van der Waals surface area contributed by atoms with Crippen molar-refractivity contribution >= 4 is 23.6 Å². The molecule has 3 rings (SSSR count). The molecule has 0 aliphatic rings. The standard InChI is InChI=1S/C23H28FN5O3.C2HF3O2/c1-4-29(5-2)14-6-13-25-23-28-27-22(32-23)19-12-11-18(15-20(19)31-3)26-21(30)16-7-9-17(24)10-8-16;3-2(4,5)1(6)7/h7-12,15H,4-6,13-14H2,1-3H3,(H,25,28)(H,26,30);(H,6,7). The van der Waals surface area contributed by atoms with E-state index in [-0.39, 0.29) is 5.91 Å². The smallest absolute Gasteiger partial charge is 0.490 e. The number of amides is 1. The fourth-order valence-electron chi connectivity index (χ4n) is 3.19. The Hall–Kier alpha value is -4.20. The molecule has 0 aliphatic carbocycles. The lowest BCUT2D eigenvalue weighted by molar-refractivity contribution is -0.192. The molecule has 0 bridgehead atoms. The van der Waals surface area contributed by atoms with Crippen LogP contribution >= 0.6 is 0 Å². The molecular weight excluding hydrogens is 526 g/mol. The van der Waals surface area contributed by atoms with Crippen LogP contribution in [0.4, 0.5) is 29.3 Å². The van der Waals surface area contributed by atoms with Gasteiger partial charge in [0.05, 0.1) is 12.7 Å². The van der Waals surface area contributed by atoms with Gasteiger partial charge in [-0.3, -0.25) is 4.79 Å². The average Bonchev–Trinajstić information content (AvgIpc) is 3.37. The van der Waals surface area contributed by atoms with E-state index in [1.165, 1.54) is 31.4 Å². The van der Waals surface area contributed by atoms with E-state index in [1.807, 2.05) is 0 Å². The summed E-state index contributed by atoms with van der Waals surface area (Å²) < 4.78 is 56.0. The summed E-state index contributed by atoms with van der Waals surface area (Å²) in [6.07, 6.45) is -4.12. The van der Waals surface area contributed by atoms with Gasteiger partial charge < -0.3 is 29.8 Å². The number of ether oxygens (including phenoxy) is 1.